The van der Waals surface area contributed by atoms with Crippen molar-refractivity contribution in [3.8, 4) is 11.3 Å². The van der Waals surface area contributed by atoms with E-state index in [1.165, 1.54) is 11.6 Å². The first kappa shape index (κ1) is 19.6. The molecule has 0 radical (unpaired) electrons. The lowest BCUT2D eigenvalue weighted by Crippen LogP contribution is -2.25. The Morgan fingerprint density at radius 1 is 1.29 bits per heavy atom. The van der Waals surface area contributed by atoms with E-state index >= 15 is 0 Å². The number of halogens is 1. The lowest BCUT2D eigenvalue weighted by Gasteiger charge is -2.25. The number of aromatic amines is 1. The Balaban J connectivity index is 1.76. The molecule has 5 rings (SSSR count). The van der Waals surface area contributed by atoms with Crippen molar-refractivity contribution in [2.24, 2.45) is 0 Å². The number of nitrogens with one attached hydrogen (secondary N) is 3. The van der Waals surface area contributed by atoms with E-state index in [1.807, 2.05) is 25.4 Å². The number of H-pyrrole nitrogens is 1. The van der Waals surface area contributed by atoms with Gasteiger partial charge in [0, 0.05) is 58.6 Å². The fourth-order valence-corrected chi connectivity index (χ4v) is 4.74. The maximum atomic E-state index is 14.5. The predicted molar refractivity (Wildman–Crippen MR) is 125 cm³/mol. The van der Waals surface area contributed by atoms with Crippen molar-refractivity contribution in [2.75, 3.05) is 11.9 Å². The molecule has 4 nitrogen and oxygen atoms in total. The molecule has 3 aromatic rings. The summed E-state index contributed by atoms with van der Waals surface area (Å²) in [6.45, 7) is 7.08. The molecule has 31 heavy (non-hydrogen) atoms. The summed E-state index contributed by atoms with van der Waals surface area (Å²) < 4.78 is 14.5. The third-order valence-corrected chi connectivity index (χ3v) is 6.33. The van der Waals surface area contributed by atoms with Gasteiger partial charge >= 0.3 is 0 Å². The molecule has 0 aliphatic carbocycles. The van der Waals surface area contributed by atoms with Gasteiger partial charge in [-0.05, 0) is 49.4 Å². The van der Waals surface area contributed by atoms with Gasteiger partial charge in [-0.15, -0.1) is 0 Å². The average molecular weight is 415 g/mol. The van der Waals surface area contributed by atoms with Gasteiger partial charge in [0.05, 0.1) is 11.4 Å². The summed E-state index contributed by atoms with van der Waals surface area (Å²) in [4.78, 5) is 8.10. The van der Waals surface area contributed by atoms with Crippen LogP contribution < -0.4 is 10.6 Å². The molecule has 0 saturated heterocycles. The fraction of sp³-hybridized carbons (Fsp3) is 0.269. The van der Waals surface area contributed by atoms with E-state index < -0.39 is 0 Å². The van der Waals surface area contributed by atoms with Gasteiger partial charge in [0.2, 0.25) is 0 Å². The number of pyridine rings is 1. The van der Waals surface area contributed by atoms with Crippen molar-refractivity contribution < 1.29 is 4.39 Å². The van der Waals surface area contributed by atoms with Crippen LogP contribution >= 0.6 is 0 Å². The molecular formula is C26H27FN4. The Kier molecular flexibility index (Phi) is 5.10. The monoisotopic (exact) mass is 414 g/mol. The second kappa shape index (κ2) is 8.06. The van der Waals surface area contributed by atoms with Crippen LogP contribution in [-0.2, 0) is 12.8 Å². The molecule has 4 heterocycles. The maximum Gasteiger partial charge on any atom is 0.128 e. The molecule has 3 N–H and O–H groups in total. The van der Waals surface area contributed by atoms with Crippen LogP contribution in [0.4, 0.5) is 15.8 Å². The number of anilines is 2. The Morgan fingerprint density at radius 3 is 3.06 bits per heavy atom. The van der Waals surface area contributed by atoms with E-state index in [1.54, 1.807) is 6.07 Å². The standard InChI is InChI=1S/C26H27FN4/c1-3-19-21(27)10-7-11-22(19)30-26-23-16(2)29-15-18-9-6-4-5-8-17-14-28-13-12-20(17)25(26)31-24(18)23/h6-7,9-14,18,29-31H,2-5,8,15H2,1H3/b9-6-. The summed E-state index contributed by atoms with van der Waals surface area (Å²) in [5.74, 6) is 0.0477. The van der Waals surface area contributed by atoms with Crippen LogP contribution in [0.2, 0.25) is 0 Å². The lowest BCUT2D eigenvalue weighted by molar-refractivity contribution is 0.613. The van der Waals surface area contributed by atoms with E-state index in [9.17, 15) is 4.39 Å². The number of aryl methyl sites for hydroxylation is 1. The minimum atomic E-state index is -0.185. The van der Waals surface area contributed by atoms with Crippen molar-refractivity contribution in [3.05, 3.63) is 83.6 Å². The molecule has 2 aromatic heterocycles. The molecule has 158 valence electrons. The molecule has 1 aromatic carbocycles. The quantitative estimate of drug-likeness (QED) is 0.456. The lowest BCUT2D eigenvalue weighted by atomic mass is 9.92. The summed E-state index contributed by atoms with van der Waals surface area (Å²) >= 11 is 0. The second-order valence-electron chi connectivity index (χ2n) is 8.23. The highest BCUT2D eigenvalue weighted by atomic mass is 19.1. The highest BCUT2D eigenvalue weighted by Crippen LogP contribution is 2.44. The van der Waals surface area contributed by atoms with Crippen LogP contribution in [0.1, 0.15) is 48.1 Å². The molecule has 0 saturated carbocycles. The van der Waals surface area contributed by atoms with Crippen molar-refractivity contribution in [1.29, 1.82) is 0 Å². The average Bonchev–Trinajstić information content (AvgIpc) is 3.13. The van der Waals surface area contributed by atoms with Gasteiger partial charge in [-0.2, -0.15) is 0 Å². The van der Waals surface area contributed by atoms with Gasteiger partial charge in [0.1, 0.15) is 5.82 Å². The molecular weight excluding hydrogens is 387 g/mol. The third kappa shape index (κ3) is 3.44. The summed E-state index contributed by atoms with van der Waals surface area (Å²) in [6.07, 6.45) is 12.1. The molecule has 2 bridgehead atoms. The summed E-state index contributed by atoms with van der Waals surface area (Å²) in [5, 5.41) is 7.05. The highest BCUT2D eigenvalue weighted by Gasteiger charge is 2.30. The number of allylic oxidation sites excluding steroid dienone is 1. The first-order valence-electron chi connectivity index (χ1n) is 11.0. The summed E-state index contributed by atoms with van der Waals surface area (Å²) in [6, 6.07) is 7.29. The summed E-state index contributed by atoms with van der Waals surface area (Å²) in [5.41, 5.74) is 8.86. The van der Waals surface area contributed by atoms with Crippen molar-refractivity contribution in [2.45, 2.75) is 38.5 Å². The summed E-state index contributed by atoms with van der Waals surface area (Å²) in [7, 11) is 0. The van der Waals surface area contributed by atoms with Gasteiger partial charge in [0.15, 0.2) is 0 Å². The van der Waals surface area contributed by atoms with E-state index in [0.29, 0.717) is 12.0 Å². The zero-order chi connectivity index (χ0) is 21.4. The number of nitrogens with zero attached hydrogens (tertiary/aromatic N) is 1. The normalized spacial score (nSPS) is 18.5. The molecule has 0 fully saturated rings. The predicted octanol–water partition coefficient (Wildman–Crippen LogP) is 6.07. The third-order valence-electron chi connectivity index (χ3n) is 6.33. The molecule has 5 heteroatoms. The van der Waals surface area contributed by atoms with Crippen LogP contribution in [0.25, 0.3) is 17.0 Å². The SMILES string of the molecule is C=C1NCC2/C=C\CCCc3cnccc3-c3[nH]c2c1c3Nc1cccc(F)c1CC. The van der Waals surface area contributed by atoms with Gasteiger partial charge in [-0.3, -0.25) is 4.98 Å². The van der Waals surface area contributed by atoms with Crippen LogP contribution in [-0.4, -0.2) is 16.5 Å². The van der Waals surface area contributed by atoms with Gasteiger partial charge in [-0.25, -0.2) is 4.39 Å². The minimum Gasteiger partial charge on any atom is -0.384 e. The van der Waals surface area contributed by atoms with E-state index in [0.717, 1.165) is 65.4 Å². The van der Waals surface area contributed by atoms with Crippen LogP contribution in [0.5, 0.6) is 0 Å². The van der Waals surface area contributed by atoms with E-state index in [2.05, 4.69) is 45.4 Å². The second-order valence-corrected chi connectivity index (χ2v) is 8.23. The number of fused-ring (bicyclic) bond motifs is 3. The van der Waals surface area contributed by atoms with E-state index in [4.69, 9.17) is 0 Å². The van der Waals surface area contributed by atoms with Crippen LogP contribution in [0.3, 0.4) is 0 Å². The number of hydrogen-bond donors (Lipinski definition) is 3. The topological polar surface area (TPSA) is 52.7 Å². The Morgan fingerprint density at radius 2 is 2.19 bits per heavy atom. The van der Waals surface area contributed by atoms with E-state index in [-0.39, 0.29) is 11.7 Å². The van der Waals surface area contributed by atoms with Gasteiger partial charge in [-0.1, -0.05) is 31.7 Å². The van der Waals surface area contributed by atoms with Gasteiger partial charge < -0.3 is 15.6 Å². The molecule has 1 atom stereocenters. The first-order valence-corrected chi connectivity index (χ1v) is 11.0. The number of benzene rings is 1. The highest BCUT2D eigenvalue weighted by molar-refractivity contribution is 5.92. The number of rotatable bonds is 3. The number of hydrogen-bond acceptors (Lipinski definition) is 3. The van der Waals surface area contributed by atoms with Gasteiger partial charge in [0.25, 0.3) is 0 Å². The van der Waals surface area contributed by atoms with Crippen molar-refractivity contribution >= 4 is 17.1 Å². The molecule has 0 spiro atoms. The Labute approximate surface area is 182 Å². The first-order chi connectivity index (χ1) is 15.2. The molecule has 1 unspecified atom stereocenters. The largest absolute Gasteiger partial charge is 0.384 e. The molecule has 0 amide bonds. The van der Waals surface area contributed by atoms with Crippen LogP contribution in [0.15, 0.2) is 55.4 Å². The maximum absolute atomic E-state index is 14.5. The van der Waals surface area contributed by atoms with Crippen LogP contribution in [0, 0.1) is 5.82 Å². The van der Waals surface area contributed by atoms with Crippen molar-refractivity contribution in [1.82, 2.24) is 15.3 Å². The Bertz CT molecular complexity index is 1170. The number of aromatic nitrogens is 2. The minimum absolute atomic E-state index is 0.185. The smallest absolute Gasteiger partial charge is 0.128 e. The fourth-order valence-electron chi connectivity index (χ4n) is 4.74. The molecule has 2 aliphatic heterocycles. The molecule has 2 aliphatic rings. The Hall–Kier alpha value is -3.34. The zero-order valence-electron chi connectivity index (χ0n) is 17.8. The van der Waals surface area contributed by atoms with Crippen molar-refractivity contribution in [3.63, 3.8) is 0 Å². The zero-order valence-corrected chi connectivity index (χ0v) is 17.8.